The smallest absolute Gasteiger partial charge is 0.257 e. The molecular weight excluding hydrogens is 263 g/mol. The molecule has 5 heteroatoms. The molecule has 1 aromatic heterocycles. The van der Waals surface area contributed by atoms with Crippen LogP contribution in [-0.4, -0.2) is 9.55 Å². The highest BCUT2D eigenvalue weighted by molar-refractivity contribution is 7.98. The van der Waals surface area contributed by atoms with E-state index in [9.17, 15) is 9.18 Å². The van der Waals surface area contributed by atoms with Crippen molar-refractivity contribution < 1.29 is 4.39 Å². The monoisotopic (exact) mass is 278 g/mol. The summed E-state index contributed by atoms with van der Waals surface area (Å²) in [6, 6.07) is 6.63. The van der Waals surface area contributed by atoms with E-state index in [1.165, 1.54) is 22.4 Å². The SMILES string of the molecule is Cc1nc(SCc2ccccc2F)n(C)c(=O)c1C. The first-order valence-corrected chi connectivity index (χ1v) is 6.89. The van der Waals surface area contributed by atoms with E-state index in [1.807, 2.05) is 6.92 Å². The molecule has 0 saturated heterocycles. The second-order valence-electron chi connectivity index (χ2n) is 4.35. The van der Waals surface area contributed by atoms with Gasteiger partial charge in [-0.3, -0.25) is 9.36 Å². The summed E-state index contributed by atoms with van der Waals surface area (Å²) in [5, 5.41) is 0.608. The maximum atomic E-state index is 13.5. The fraction of sp³-hybridized carbons (Fsp3) is 0.286. The Kier molecular flexibility index (Phi) is 4.04. The number of benzene rings is 1. The topological polar surface area (TPSA) is 34.9 Å². The molecule has 0 saturated carbocycles. The Morgan fingerprint density at radius 2 is 2.00 bits per heavy atom. The fourth-order valence-electron chi connectivity index (χ4n) is 1.68. The minimum absolute atomic E-state index is 0.0523. The molecule has 0 aliphatic heterocycles. The number of rotatable bonds is 3. The minimum Gasteiger partial charge on any atom is -0.291 e. The molecule has 0 spiro atoms. The molecule has 1 heterocycles. The van der Waals surface area contributed by atoms with Crippen molar-refractivity contribution in [2.75, 3.05) is 0 Å². The Morgan fingerprint density at radius 1 is 1.32 bits per heavy atom. The molecule has 0 fully saturated rings. The molecular formula is C14H15FN2OS. The number of halogens is 1. The van der Waals surface area contributed by atoms with Gasteiger partial charge in [0.15, 0.2) is 5.16 Å². The van der Waals surface area contributed by atoms with Crippen LogP contribution in [0.3, 0.4) is 0 Å². The Balaban J connectivity index is 2.26. The molecule has 0 atom stereocenters. The summed E-state index contributed by atoms with van der Waals surface area (Å²) in [6.07, 6.45) is 0. The predicted molar refractivity (Wildman–Crippen MR) is 74.9 cm³/mol. The Hall–Kier alpha value is -1.62. The van der Waals surface area contributed by atoms with Crippen molar-refractivity contribution in [2.24, 2.45) is 7.05 Å². The Morgan fingerprint density at radius 3 is 2.68 bits per heavy atom. The molecule has 0 amide bonds. The van der Waals surface area contributed by atoms with Gasteiger partial charge in [0.05, 0.1) is 0 Å². The van der Waals surface area contributed by atoms with Crippen LogP contribution in [0.25, 0.3) is 0 Å². The summed E-state index contributed by atoms with van der Waals surface area (Å²) in [7, 11) is 1.69. The highest BCUT2D eigenvalue weighted by Crippen LogP contribution is 2.21. The molecule has 0 N–H and O–H groups in total. The van der Waals surface area contributed by atoms with Gasteiger partial charge >= 0.3 is 0 Å². The third kappa shape index (κ3) is 2.87. The second kappa shape index (κ2) is 5.57. The molecule has 1 aromatic carbocycles. The van der Waals surface area contributed by atoms with Crippen LogP contribution in [0, 0.1) is 19.7 Å². The van der Waals surface area contributed by atoms with Crippen LogP contribution in [0.4, 0.5) is 4.39 Å². The third-order valence-corrected chi connectivity index (χ3v) is 4.11. The van der Waals surface area contributed by atoms with Crippen LogP contribution in [0.15, 0.2) is 34.2 Å². The van der Waals surface area contributed by atoms with E-state index in [1.54, 1.807) is 32.2 Å². The largest absolute Gasteiger partial charge is 0.291 e. The van der Waals surface area contributed by atoms with Crippen LogP contribution in [0.2, 0.25) is 0 Å². The lowest BCUT2D eigenvalue weighted by atomic mass is 10.2. The number of hydrogen-bond acceptors (Lipinski definition) is 3. The van der Waals surface area contributed by atoms with Crippen LogP contribution in [-0.2, 0) is 12.8 Å². The van der Waals surface area contributed by atoms with Gasteiger partial charge in [-0.25, -0.2) is 9.37 Å². The van der Waals surface area contributed by atoms with E-state index in [-0.39, 0.29) is 11.4 Å². The van der Waals surface area contributed by atoms with Crippen molar-refractivity contribution in [3.8, 4) is 0 Å². The molecule has 100 valence electrons. The number of aromatic nitrogens is 2. The maximum absolute atomic E-state index is 13.5. The lowest BCUT2D eigenvalue weighted by Gasteiger charge is -2.10. The van der Waals surface area contributed by atoms with E-state index < -0.39 is 0 Å². The van der Waals surface area contributed by atoms with Gasteiger partial charge in [-0.2, -0.15) is 0 Å². The highest BCUT2D eigenvalue weighted by atomic mass is 32.2. The molecule has 2 aromatic rings. The lowest BCUT2D eigenvalue weighted by molar-refractivity contribution is 0.617. The first kappa shape index (κ1) is 13.8. The van der Waals surface area contributed by atoms with Crippen molar-refractivity contribution in [1.82, 2.24) is 9.55 Å². The van der Waals surface area contributed by atoms with E-state index in [0.29, 0.717) is 22.0 Å². The van der Waals surface area contributed by atoms with Crippen molar-refractivity contribution >= 4 is 11.8 Å². The summed E-state index contributed by atoms with van der Waals surface area (Å²) in [6.45, 7) is 3.57. The molecule has 19 heavy (non-hydrogen) atoms. The van der Waals surface area contributed by atoms with Gasteiger partial charge in [-0.15, -0.1) is 0 Å². The van der Waals surface area contributed by atoms with E-state index >= 15 is 0 Å². The molecule has 0 radical (unpaired) electrons. The van der Waals surface area contributed by atoms with Crippen molar-refractivity contribution in [1.29, 1.82) is 0 Å². The van der Waals surface area contributed by atoms with E-state index in [2.05, 4.69) is 4.98 Å². The van der Waals surface area contributed by atoms with Crippen LogP contribution in [0.5, 0.6) is 0 Å². The van der Waals surface area contributed by atoms with E-state index in [0.717, 1.165) is 5.69 Å². The zero-order chi connectivity index (χ0) is 14.0. The van der Waals surface area contributed by atoms with E-state index in [4.69, 9.17) is 0 Å². The zero-order valence-electron chi connectivity index (χ0n) is 11.1. The van der Waals surface area contributed by atoms with Crippen LogP contribution in [0.1, 0.15) is 16.8 Å². The normalized spacial score (nSPS) is 10.7. The summed E-state index contributed by atoms with van der Waals surface area (Å²) in [4.78, 5) is 16.3. The standard InChI is InChI=1S/C14H15FN2OS/c1-9-10(2)16-14(17(3)13(9)18)19-8-11-6-4-5-7-12(11)15/h4-7H,8H2,1-3H3. The molecule has 0 bridgehead atoms. The fourth-order valence-corrected chi connectivity index (χ4v) is 2.68. The summed E-state index contributed by atoms with van der Waals surface area (Å²) in [5.74, 6) is 0.221. The summed E-state index contributed by atoms with van der Waals surface area (Å²) in [5.41, 5.74) is 1.93. The van der Waals surface area contributed by atoms with Crippen molar-refractivity contribution in [3.05, 3.63) is 57.3 Å². The lowest BCUT2D eigenvalue weighted by Crippen LogP contribution is -2.23. The molecule has 0 unspecified atom stereocenters. The van der Waals surface area contributed by atoms with Gasteiger partial charge in [0.25, 0.3) is 5.56 Å². The highest BCUT2D eigenvalue weighted by Gasteiger charge is 2.10. The average Bonchev–Trinajstić information content (AvgIpc) is 2.40. The van der Waals surface area contributed by atoms with Crippen molar-refractivity contribution in [3.63, 3.8) is 0 Å². The zero-order valence-corrected chi connectivity index (χ0v) is 11.9. The molecule has 2 rings (SSSR count). The number of hydrogen-bond donors (Lipinski definition) is 0. The van der Waals surface area contributed by atoms with Gasteiger partial charge < -0.3 is 0 Å². The maximum Gasteiger partial charge on any atom is 0.257 e. The van der Waals surface area contributed by atoms with Crippen LogP contribution < -0.4 is 5.56 Å². The Bertz CT molecular complexity index is 667. The first-order chi connectivity index (χ1) is 9.00. The number of thioether (sulfide) groups is 1. The minimum atomic E-state index is -0.233. The number of aryl methyl sites for hydroxylation is 1. The first-order valence-electron chi connectivity index (χ1n) is 5.91. The average molecular weight is 278 g/mol. The summed E-state index contributed by atoms with van der Waals surface area (Å²) < 4.78 is 15.0. The van der Waals surface area contributed by atoms with Gasteiger partial charge in [-0.1, -0.05) is 30.0 Å². The van der Waals surface area contributed by atoms with Crippen molar-refractivity contribution in [2.45, 2.75) is 24.8 Å². The number of nitrogens with zero attached hydrogens (tertiary/aromatic N) is 2. The van der Waals surface area contributed by atoms with Gasteiger partial charge in [0.2, 0.25) is 0 Å². The van der Waals surface area contributed by atoms with Gasteiger partial charge in [-0.05, 0) is 25.5 Å². The predicted octanol–water partition coefficient (Wildman–Crippen LogP) is 2.83. The van der Waals surface area contributed by atoms with Gasteiger partial charge in [0.1, 0.15) is 5.82 Å². The van der Waals surface area contributed by atoms with Gasteiger partial charge in [0, 0.05) is 24.1 Å². The molecule has 3 nitrogen and oxygen atoms in total. The molecule has 0 aliphatic rings. The summed E-state index contributed by atoms with van der Waals surface area (Å²) >= 11 is 1.36. The van der Waals surface area contributed by atoms with Crippen LogP contribution >= 0.6 is 11.8 Å². The third-order valence-electron chi connectivity index (χ3n) is 3.03. The quantitative estimate of drug-likeness (QED) is 0.639. The second-order valence-corrected chi connectivity index (χ2v) is 5.29. The Labute approximate surface area is 115 Å². The molecule has 0 aliphatic carbocycles.